The number of fused-ring (bicyclic) bond motifs is 1. The lowest BCUT2D eigenvalue weighted by molar-refractivity contribution is -0.130. The summed E-state index contributed by atoms with van der Waals surface area (Å²) >= 11 is 0. The van der Waals surface area contributed by atoms with Crippen molar-refractivity contribution in [3.8, 4) is 0 Å². The second-order valence-electron chi connectivity index (χ2n) is 7.50. The lowest BCUT2D eigenvalue weighted by Crippen LogP contribution is -2.35. The molecule has 0 bridgehead atoms. The summed E-state index contributed by atoms with van der Waals surface area (Å²) < 4.78 is 0. The Balaban J connectivity index is 1.37. The number of hydrogen-bond donors (Lipinski definition) is 1. The van der Waals surface area contributed by atoms with Crippen molar-refractivity contribution in [1.82, 2.24) is 19.9 Å². The van der Waals surface area contributed by atoms with Crippen LogP contribution in [0.25, 0.3) is 10.9 Å². The van der Waals surface area contributed by atoms with E-state index in [4.69, 9.17) is 0 Å². The van der Waals surface area contributed by atoms with Gasteiger partial charge in [0.15, 0.2) is 0 Å². The van der Waals surface area contributed by atoms with Crippen LogP contribution in [0, 0.1) is 13.8 Å². The first-order valence-electron chi connectivity index (χ1n) is 10.00. The predicted molar refractivity (Wildman–Crippen MR) is 112 cm³/mol. The van der Waals surface area contributed by atoms with E-state index in [9.17, 15) is 4.79 Å². The van der Waals surface area contributed by atoms with Crippen LogP contribution in [0.2, 0.25) is 0 Å². The monoisotopic (exact) mass is 377 g/mol. The third kappa shape index (κ3) is 3.86. The van der Waals surface area contributed by atoms with Crippen LogP contribution >= 0.6 is 0 Å². The zero-order chi connectivity index (χ0) is 19.5. The molecule has 6 heteroatoms. The topological polar surface area (TPSA) is 65.1 Å². The molecule has 1 N–H and O–H groups in total. The Bertz CT molecular complexity index is 980. The SMILES string of the molecule is Cc1cnc(C)c(N2CCCN(C(=O)CCc3c[nH]c4ccccc34)CC2)n1. The molecule has 0 spiro atoms. The summed E-state index contributed by atoms with van der Waals surface area (Å²) in [5, 5.41) is 1.21. The Morgan fingerprint density at radius 2 is 2.00 bits per heavy atom. The largest absolute Gasteiger partial charge is 0.361 e. The van der Waals surface area contributed by atoms with E-state index in [1.807, 2.05) is 37.1 Å². The molecule has 3 aromatic rings. The van der Waals surface area contributed by atoms with E-state index in [1.54, 1.807) is 6.20 Å². The summed E-state index contributed by atoms with van der Waals surface area (Å²) in [5.41, 5.74) is 4.22. The number of aromatic nitrogens is 3. The van der Waals surface area contributed by atoms with Crippen molar-refractivity contribution in [3.05, 3.63) is 53.6 Å². The fourth-order valence-electron chi connectivity index (χ4n) is 3.94. The van der Waals surface area contributed by atoms with Crippen LogP contribution in [0.1, 0.15) is 29.8 Å². The number of carbonyl (C=O) groups is 1. The molecule has 0 saturated carbocycles. The van der Waals surface area contributed by atoms with E-state index in [2.05, 4.69) is 32.0 Å². The van der Waals surface area contributed by atoms with E-state index in [1.165, 1.54) is 10.9 Å². The lowest BCUT2D eigenvalue weighted by Gasteiger charge is -2.24. The number of anilines is 1. The standard InChI is InChI=1S/C22H27N5O/c1-16-14-23-17(2)22(25-16)27-11-5-10-26(12-13-27)21(28)9-8-18-15-24-20-7-4-3-6-19(18)20/h3-4,6-7,14-15,24H,5,8-13H2,1-2H3. The van der Waals surface area contributed by atoms with Gasteiger partial charge in [-0.2, -0.15) is 0 Å². The summed E-state index contributed by atoms with van der Waals surface area (Å²) in [7, 11) is 0. The molecular weight excluding hydrogens is 350 g/mol. The van der Waals surface area contributed by atoms with Crippen LogP contribution in [0.5, 0.6) is 0 Å². The first-order chi connectivity index (χ1) is 13.6. The summed E-state index contributed by atoms with van der Waals surface area (Å²) in [6.07, 6.45) is 6.10. The summed E-state index contributed by atoms with van der Waals surface area (Å²) in [4.78, 5) is 29.5. The van der Waals surface area contributed by atoms with Crippen LogP contribution in [0.4, 0.5) is 5.82 Å². The molecule has 2 aromatic heterocycles. The average molecular weight is 377 g/mol. The minimum atomic E-state index is 0.235. The molecule has 0 radical (unpaired) electrons. The van der Waals surface area contributed by atoms with Gasteiger partial charge >= 0.3 is 0 Å². The maximum Gasteiger partial charge on any atom is 0.222 e. The number of nitrogens with one attached hydrogen (secondary N) is 1. The van der Waals surface area contributed by atoms with E-state index in [0.717, 1.165) is 61.7 Å². The van der Waals surface area contributed by atoms with Crippen molar-refractivity contribution in [2.45, 2.75) is 33.1 Å². The summed E-state index contributed by atoms with van der Waals surface area (Å²) in [5.74, 6) is 1.19. The highest BCUT2D eigenvalue weighted by Crippen LogP contribution is 2.20. The number of amides is 1. The van der Waals surface area contributed by atoms with Gasteiger partial charge < -0.3 is 14.8 Å². The molecule has 1 aliphatic rings. The van der Waals surface area contributed by atoms with Gasteiger partial charge in [-0.05, 0) is 38.3 Å². The Morgan fingerprint density at radius 3 is 2.89 bits per heavy atom. The van der Waals surface area contributed by atoms with Gasteiger partial charge in [0, 0.05) is 55.9 Å². The third-order valence-corrected chi connectivity index (χ3v) is 5.48. The van der Waals surface area contributed by atoms with Crippen molar-refractivity contribution in [1.29, 1.82) is 0 Å². The van der Waals surface area contributed by atoms with Gasteiger partial charge in [0.1, 0.15) is 5.82 Å². The summed E-state index contributed by atoms with van der Waals surface area (Å²) in [6, 6.07) is 8.25. The van der Waals surface area contributed by atoms with E-state index >= 15 is 0 Å². The molecule has 1 saturated heterocycles. The van der Waals surface area contributed by atoms with Gasteiger partial charge in [0.05, 0.1) is 11.4 Å². The second kappa shape index (κ2) is 8.00. The third-order valence-electron chi connectivity index (χ3n) is 5.48. The molecule has 0 unspecified atom stereocenters. The fraction of sp³-hybridized carbons (Fsp3) is 0.409. The Morgan fingerprint density at radius 1 is 1.14 bits per heavy atom. The number of carbonyl (C=O) groups excluding carboxylic acids is 1. The molecule has 1 amide bonds. The van der Waals surface area contributed by atoms with Crippen LogP contribution in [0.3, 0.4) is 0 Å². The van der Waals surface area contributed by atoms with Gasteiger partial charge in [0.2, 0.25) is 5.91 Å². The number of aromatic amines is 1. The normalized spacial score (nSPS) is 15.1. The number of H-pyrrole nitrogens is 1. The molecule has 0 atom stereocenters. The zero-order valence-electron chi connectivity index (χ0n) is 16.6. The highest BCUT2D eigenvalue weighted by Gasteiger charge is 2.21. The number of nitrogens with zero attached hydrogens (tertiary/aromatic N) is 4. The lowest BCUT2D eigenvalue weighted by atomic mass is 10.1. The van der Waals surface area contributed by atoms with Crippen molar-refractivity contribution in [3.63, 3.8) is 0 Å². The van der Waals surface area contributed by atoms with Crippen LogP contribution in [-0.4, -0.2) is 51.9 Å². The summed E-state index contributed by atoms with van der Waals surface area (Å²) in [6.45, 7) is 7.22. The van der Waals surface area contributed by atoms with Crippen molar-refractivity contribution in [2.75, 3.05) is 31.1 Å². The van der Waals surface area contributed by atoms with Gasteiger partial charge in [-0.25, -0.2) is 4.98 Å². The second-order valence-corrected chi connectivity index (χ2v) is 7.50. The Labute approximate surface area is 165 Å². The molecule has 146 valence electrons. The zero-order valence-corrected chi connectivity index (χ0v) is 16.6. The molecule has 6 nitrogen and oxygen atoms in total. The minimum Gasteiger partial charge on any atom is -0.361 e. The fourth-order valence-corrected chi connectivity index (χ4v) is 3.94. The van der Waals surface area contributed by atoms with Crippen molar-refractivity contribution < 1.29 is 4.79 Å². The highest BCUT2D eigenvalue weighted by atomic mass is 16.2. The number of rotatable bonds is 4. The number of para-hydroxylation sites is 1. The molecule has 1 fully saturated rings. The molecule has 3 heterocycles. The quantitative estimate of drug-likeness (QED) is 0.758. The first-order valence-corrected chi connectivity index (χ1v) is 10.00. The van der Waals surface area contributed by atoms with E-state index in [-0.39, 0.29) is 5.91 Å². The molecule has 0 aliphatic carbocycles. The smallest absolute Gasteiger partial charge is 0.222 e. The van der Waals surface area contributed by atoms with Gasteiger partial charge in [-0.3, -0.25) is 9.78 Å². The Kier molecular flexibility index (Phi) is 5.28. The van der Waals surface area contributed by atoms with Crippen LogP contribution in [0.15, 0.2) is 36.7 Å². The number of benzene rings is 1. The number of hydrogen-bond acceptors (Lipinski definition) is 4. The number of aryl methyl sites for hydroxylation is 3. The van der Waals surface area contributed by atoms with Gasteiger partial charge in [-0.15, -0.1) is 0 Å². The highest BCUT2D eigenvalue weighted by molar-refractivity contribution is 5.84. The van der Waals surface area contributed by atoms with Crippen LogP contribution < -0.4 is 4.90 Å². The Hall–Kier alpha value is -2.89. The van der Waals surface area contributed by atoms with E-state index < -0.39 is 0 Å². The maximum absolute atomic E-state index is 12.8. The van der Waals surface area contributed by atoms with Crippen LogP contribution in [-0.2, 0) is 11.2 Å². The maximum atomic E-state index is 12.8. The predicted octanol–water partition coefficient (Wildman–Crippen LogP) is 3.25. The van der Waals surface area contributed by atoms with Crippen molar-refractivity contribution in [2.24, 2.45) is 0 Å². The molecule has 4 rings (SSSR count). The molecule has 28 heavy (non-hydrogen) atoms. The molecule has 1 aromatic carbocycles. The van der Waals surface area contributed by atoms with Crippen molar-refractivity contribution >= 4 is 22.6 Å². The first kappa shape index (κ1) is 18.5. The minimum absolute atomic E-state index is 0.235. The van der Waals surface area contributed by atoms with E-state index in [0.29, 0.717) is 6.42 Å². The average Bonchev–Trinajstić information content (AvgIpc) is 2.95. The molecule has 1 aliphatic heterocycles. The van der Waals surface area contributed by atoms with Gasteiger partial charge in [-0.1, -0.05) is 18.2 Å². The van der Waals surface area contributed by atoms with Gasteiger partial charge in [0.25, 0.3) is 0 Å². The molecular formula is C22H27N5O.